The topological polar surface area (TPSA) is 29.5 Å². The largest absolute Gasteiger partial charge is 0.496 e. The van der Waals surface area contributed by atoms with Crippen molar-refractivity contribution in [3.05, 3.63) is 29.8 Å². The van der Waals surface area contributed by atoms with Crippen molar-refractivity contribution < 1.29 is 9.53 Å². The Labute approximate surface area is 109 Å². The Morgan fingerprint density at radius 1 is 1.44 bits per heavy atom. The van der Waals surface area contributed by atoms with Crippen LogP contribution in [0.25, 0.3) is 0 Å². The van der Waals surface area contributed by atoms with E-state index in [1.54, 1.807) is 7.11 Å². The lowest BCUT2D eigenvalue weighted by molar-refractivity contribution is 0.0668. The van der Waals surface area contributed by atoms with Crippen LogP contribution in [0.15, 0.2) is 24.3 Å². The zero-order valence-corrected chi connectivity index (χ0v) is 11.2. The van der Waals surface area contributed by atoms with E-state index in [1.165, 1.54) is 6.42 Å². The third-order valence-corrected chi connectivity index (χ3v) is 3.72. The zero-order chi connectivity index (χ0) is 13.0. The van der Waals surface area contributed by atoms with Gasteiger partial charge in [0.25, 0.3) is 5.91 Å². The number of hydrogen-bond donors (Lipinski definition) is 0. The van der Waals surface area contributed by atoms with Crippen LogP contribution in [-0.4, -0.2) is 31.0 Å². The summed E-state index contributed by atoms with van der Waals surface area (Å²) in [6.45, 7) is 3.95. The van der Waals surface area contributed by atoms with Gasteiger partial charge in [-0.05, 0) is 30.9 Å². The van der Waals surface area contributed by atoms with Crippen LogP contribution in [0.4, 0.5) is 0 Å². The highest BCUT2D eigenvalue weighted by Crippen LogP contribution is 2.24. The molecule has 0 aromatic heterocycles. The number of para-hydroxylation sites is 1. The quantitative estimate of drug-likeness (QED) is 0.822. The van der Waals surface area contributed by atoms with Gasteiger partial charge in [0.05, 0.1) is 12.7 Å². The number of benzene rings is 1. The van der Waals surface area contributed by atoms with Crippen LogP contribution in [0.3, 0.4) is 0 Å². The molecule has 1 aromatic rings. The number of carbonyl (C=O) groups is 1. The highest BCUT2D eigenvalue weighted by molar-refractivity contribution is 5.97. The molecule has 2 rings (SSSR count). The average Bonchev–Trinajstić information content (AvgIpc) is 2.46. The molecule has 1 saturated heterocycles. The number of piperidine rings is 1. The first-order chi connectivity index (χ1) is 8.76. The molecule has 0 saturated carbocycles. The molecule has 0 radical (unpaired) electrons. The zero-order valence-electron chi connectivity index (χ0n) is 11.2. The molecule has 98 valence electrons. The third-order valence-electron chi connectivity index (χ3n) is 3.72. The summed E-state index contributed by atoms with van der Waals surface area (Å²) in [6.07, 6.45) is 3.50. The summed E-state index contributed by atoms with van der Waals surface area (Å²) in [6, 6.07) is 7.46. The van der Waals surface area contributed by atoms with E-state index < -0.39 is 0 Å². The number of likely N-dealkylation sites (tertiary alicyclic amines) is 1. The van der Waals surface area contributed by atoms with Crippen molar-refractivity contribution >= 4 is 5.91 Å². The van der Waals surface area contributed by atoms with E-state index in [1.807, 2.05) is 29.2 Å². The van der Waals surface area contributed by atoms with Gasteiger partial charge in [-0.15, -0.1) is 0 Å². The van der Waals surface area contributed by atoms with Crippen molar-refractivity contribution in [2.24, 2.45) is 5.92 Å². The van der Waals surface area contributed by atoms with Crippen LogP contribution in [0.5, 0.6) is 5.75 Å². The van der Waals surface area contributed by atoms with Crippen LogP contribution >= 0.6 is 0 Å². The minimum absolute atomic E-state index is 0.102. The Bertz CT molecular complexity index is 417. The highest BCUT2D eigenvalue weighted by Gasteiger charge is 2.24. The fourth-order valence-electron chi connectivity index (χ4n) is 2.57. The van der Waals surface area contributed by atoms with Crippen LogP contribution in [0.2, 0.25) is 0 Å². The number of ether oxygens (including phenoxy) is 1. The molecular weight excluding hydrogens is 226 g/mol. The Morgan fingerprint density at radius 3 is 2.94 bits per heavy atom. The molecule has 1 fully saturated rings. The van der Waals surface area contributed by atoms with Gasteiger partial charge < -0.3 is 9.64 Å². The maximum Gasteiger partial charge on any atom is 0.257 e. The Kier molecular flexibility index (Phi) is 4.24. The molecule has 18 heavy (non-hydrogen) atoms. The van der Waals surface area contributed by atoms with Gasteiger partial charge in [-0.3, -0.25) is 4.79 Å². The van der Waals surface area contributed by atoms with Crippen LogP contribution in [0, 0.1) is 5.92 Å². The molecule has 0 spiro atoms. The second kappa shape index (κ2) is 5.89. The first-order valence-corrected chi connectivity index (χ1v) is 6.68. The van der Waals surface area contributed by atoms with Gasteiger partial charge >= 0.3 is 0 Å². The molecule has 0 N–H and O–H groups in total. The smallest absolute Gasteiger partial charge is 0.257 e. The number of methoxy groups -OCH3 is 1. The first kappa shape index (κ1) is 12.9. The van der Waals surface area contributed by atoms with Crippen LogP contribution < -0.4 is 4.74 Å². The maximum absolute atomic E-state index is 12.5. The molecule has 1 heterocycles. The Morgan fingerprint density at radius 2 is 2.22 bits per heavy atom. The number of amides is 1. The van der Waals surface area contributed by atoms with E-state index in [2.05, 4.69) is 6.92 Å². The van der Waals surface area contributed by atoms with E-state index in [9.17, 15) is 4.79 Å². The molecule has 3 heteroatoms. The van der Waals surface area contributed by atoms with Crippen molar-refractivity contribution in [3.63, 3.8) is 0 Å². The summed E-state index contributed by atoms with van der Waals surface area (Å²) in [4.78, 5) is 14.5. The fourth-order valence-corrected chi connectivity index (χ4v) is 2.57. The van der Waals surface area contributed by atoms with E-state index in [-0.39, 0.29) is 5.91 Å². The predicted octanol–water partition coefficient (Wildman–Crippen LogP) is 2.96. The summed E-state index contributed by atoms with van der Waals surface area (Å²) in [5.74, 6) is 1.42. The minimum Gasteiger partial charge on any atom is -0.496 e. The van der Waals surface area contributed by atoms with Crippen molar-refractivity contribution in [2.75, 3.05) is 20.2 Å². The van der Waals surface area contributed by atoms with E-state index in [0.717, 1.165) is 25.9 Å². The SMILES string of the molecule is CC[C@@H]1CCCN(C(=O)c2ccccc2OC)C1. The molecule has 0 aliphatic carbocycles. The van der Waals surface area contributed by atoms with E-state index >= 15 is 0 Å². The molecule has 0 unspecified atom stereocenters. The van der Waals surface area contributed by atoms with E-state index in [4.69, 9.17) is 4.74 Å². The first-order valence-electron chi connectivity index (χ1n) is 6.68. The fraction of sp³-hybridized carbons (Fsp3) is 0.533. The molecule has 1 aliphatic heterocycles. The number of carbonyl (C=O) groups excluding carboxylic acids is 1. The van der Waals surface area contributed by atoms with Gasteiger partial charge in [-0.1, -0.05) is 25.5 Å². The molecule has 0 bridgehead atoms. The summed E-state index contributed by atoms with van der Waals surface area (Å²) in [5, 5.41) is 0. The average molecular weight is 247 g/mol. The highest BCUT2D eigenvalue weighted by atomic mass is 16.5. The second-order valence-corrected chi connectivity index (χ2v) is 4.87. The lowest BCUT2D eigenvalue weighted by Gasteiger charge is -2.32. The van der Waals surface area contributed by atoms with Crippen molar-refractivity contribution in [1.29, 1.82) is 0 Å². The van der Waals surface area contributed by atoms with Gasteiger partial charge in [0.15, 0.2) is 0 Å². The molecular formula is C15H21NO2. The number of hydrogen-bond acceptors (Lipinski definition) is 2. The Balaban J connectivity index is 2.15. The number of nitrogens with zero attached hydrogens (tertiary/aromatic N) is 1. The summed E-state index contributed by atoms with van der Waals surface area (Å²) >= 11 is 0. The summed E-state index contributed by atoms with van der Waals surface area (Å²) < 4.78 is 5.26. The maximum atomic E-state index is 12.5. The van der Waals surface area contributed by atoms with Crippen LogP contribution in [0.1, 0.15) is 36.5 Å². The van der Waals surface area contributed by atoms with Gasteiger partial charge in [0, 0.05) is 13.1 Å². The lowest BCUT2D eigenvalue weighted by Crippen LogP contribution is -2.39. The predicted molar refractivity (Wildman–Crippen MR) is 71.9 cm³/mol. The van der Waals surface area contributed by atoms with Gasteiger partial charge in [-0.2, -0.15) is 0 Å². The molecule has 1 aliphatic rings. The van der Waals surface area contributed by atoms with Crippen molar-refractivity contribution in [3.8, 4) is 5.75 Å². The van der Waals surface area contributed by atoms with Gasteiger partial charge in [0.2, 0.25) is 0 Å². The molecule has 1 aromatic carbocycles. The summed E-state index contributed by atoms with van der Waals surface area (Å²) in [7, 11) is 1.61. The monoisotopic (exact) mass is 247 g/mol. The Hall–Kier alpha value is -1.51. The van der Waals surface area contributed by atoms with Crippen molar-refractivity contribution in [1.82, 2.24) is 4.90 Å². The molecule has 3 nitrogen and oxygen atoms in total. The molecule has 1 atom stereocenters. The number of rotatable bonds is 3. The van der Waals surface area contributed by atoms with E-state index in [0.29, 0.717) is 17.2 Å². The van der Waals surface area contributed by atoms with Gasteiger partial charge in [0.1, 0.15) is 5.75 Å². The standard InChI is InChI=1S/C15H21NO2/c1-3-12-7-6-10-16(11-12)15(17)13-8-4-5-9-14(13)18-2/h4-5,8-9,12H,3,6-7,10-11H2,1-2H3/t12-/m1/s1. The lowest BCUT2D eigenvalue weighted by atomic mass is 9.95. The van der Waals surface area contributed by atoms with Crippen LogP contribution in [-0.2, 0) is 0 Å². The van der Waals surface area contributed by atoms with Crippen molar-refractivity contribution in [2.45, 2.75) is 26.2 Å². The summed E-state index contributed by atoms with van der Waals surface area (Å²) in [5.41, 5.74) is 0.678. The molecule has 1 amide bonds. The normalized spacial score (nSPS) is 19.7. The third kappa shape index (κ3) is 2.66. The minimum atomic E-state index is 0.102. The van der Waals surface area contributed by atoms with Gasteiger partial charge in [-0.25, -0.2) is 0 Å². The second-order valence-electron chi connectivity index (χ2n) is 4.87.